The van der Waals surface area contributed by atoms with E-state index in [-0.39, 0.29) is 24.2 Å². The van der Waals surface area contributed by atoms with Crippen molar-refractivity contribution in [1.29, 1.82) is 0 Å². The Kier molecular flexibility index (Phi) is 2.79. The fourth-order valence-corrected chi connectivity index (χ4v) is 7.18. The van der Waals surface area contributed by atoms with Crippen LogP contribution in [0.15, 0.2) is 0 Å². The first-order chi connectivity index (χ1) is 13.1. The smallest absolute Gasteiger partial charge is 0.0958 e. The van der Waals surface area contributed by atoms with E-state index in [1.165, 1.54) is 0 Å². The maximum absolute atomic E-state index is 11.3. The summed E-state index contributed by atoms with van der Waals surface area (Å²) in [4.78, 5) is 0. The second-order valence-electron chi connectivity index (χ2n) is 9.45. The summed E-state index contributed by atoms with van der Waals surface area (Å²) in [5.41, 5.74) is -2.15. The molecule has 138 valence electrons. The highest BCUT2D eigenvalue weighted by molar-refractivity contribution is 5.15. The van der Waals surface area contributed by atoms with E-state index in [2.05, 4.69) is 6.92 Å². The van der Waals surface area contributed by atoms with E-state index < -0.39 is 47.3 Å². The molecule has 4 saturated carbocycles. The van der Waals surface area contributed by atoms with Crippen molar-refractivity contribution in [1.82, 2.24) is 0 Å². The SMILES string of the molecule is [2H]C1([2H])C[C@@]2(C)[C@H](CC[C@@H]3[C@@H]2CC[C@@]2(C)[C@H]3CC[C@]2(O)[C@H](C)O)C([2H])([2H])[C@]1([2H])O. The quantitative estimate of drug-likeness (QED) is 0.684. The summed E-state index contributed by atoms with van der Waals surface area (Å²) in [5, 5.41) is 32.2. The Morgan fingerprint density at radius 3 is 2.50 bits per heavy atom. The summed E-state index contributed by atoms with van der Waals surface area (Å²) >= 11 is 0. The zero-order valence-electron chi connectivity index (χ0n) is 20.2. The van der Waals surface area contributed by atoms with Crippen LogP contribution in [0.25, 0.3) is 0 Å². The van der Waals surface area contributed by atoms with Crippen molar-refractivity contribution in [3.63, 3.8) is 0 Å². The molecule has 0 unspecified atom stereocenters. The lowest BCUT2D eigenvalue weighted by atomic mass is 9.44. The molecule has 0 aromatic carbocycles. The average Bonchev–Trinajstić information content (AvgIpc) is 2.86. The minimum Gasteiger partial charge on any atom is -0.393 e. The van der Waals surface area contributed by atoms with Gasteiger partial charge in [0.2, 0.25) is 0 Å². The third-order valence-electron chi connectivity index (χ3n) is 8.72. The normalized spacial score (nSPS) is 68.8. The summed E-state index contributed by atoms with van der Waals surface area (Å²) in [6, 6.07) is 0. The zero-order chi connectivity index (χ0) is 21.8. The predicted octanol–water partition coefficient (Wildman–Crippen LogP) is 3.50. The lowest BCUT2D eigenvalue weighted by Gasteiger charge is -2.61. The Hall–Kier alpha value is -0.120. The van der Waals surface area contributed by atoms with Crippen LogP contribution >= 0.6 is 0 Å². The van der Waals surface area contributed by atoms with Crippen molar-refractivity contribution in [2.24, 2.45) is 34.5 Å². The van der Waals surface area contributed by atoms with Crippen molar-refractivity contribution >= 4 is 0 Å². The van der Waals surface area contributed by atoms with Crippen LogP contribution in [-0.2, 0) is 0 Å². The van der Waals surface area contributed by atoms with Crippen LogP contribution in [0.3, 0.4) is 0 Å². The molecule has 3 N–H and O–H groups in total. The van der Waals surface area contributed by atoms with Gasteiger partial charge >= 0.3 is 0 Å². The molecular weight excluding hydrogens is 300 g/mol. The van der Waals surface area contributed by atoms with Crippen LogP contribution in [0.1, 0.15) is 85.3 Å². The Morgan fingerprint density at radius 1 is 1.08 bits per heavy atom. The largest absolute Gasteiger partial charge is 0.393 e. The highest BCUT2D eigenvalue weighted by Gasteiger charge is 2.65. The van der Waals surface area contributed by atoms with Gasteiger partial charge in [0.25, 0.3) is 0 Å². The third-order valence-corrected chi connectivity index (χ3v) is 8.72. The summed E-state index contributed by atoms with van der Waals surface area (Å²) in [7, 11) is 0. The van der Waals surface area contributed by atoms with Gasteiger partial charge in [0.1, 0.15) is 0 Å². The van der Waals surface area contributed by atoms with Crippen LogP contribution in [-0.4, -0.2) is 33.1 Å². The van der Waals surface area contributed by atoms with Crippen molar-refractivity contribution in [2.45, 2.75) is 96.2 Å². The Morgan fingerprint density at radius 2 is 1.79 bits per heavy atom. The van der Waals surface area contributed by atoms with E-state index in [1.54, 1.807) is 6.92 Å². The minimum atomic E-state index is -2.76. The lowest BCUT2D eigenvalue weighted by Crippen LogP contribution is -2.59. The van der Waals surface area contributed by atoms with Gasteiger partial charge in [-0.1, -0.05) is 13.8 Å². The van der Waals surface area contributed by atoms with Crippen molar-refractivity contribution < 1.29 is 22.2 Å². The number of aliphatic hydroxyl groups is 3. The van der Waals surface area contributed by atoms with Gasteiger partial charge < -0.3 is 15.3 Å². The molecule has 9 atom stereocenters. The van der Waals surface area contributed by atoms with E-state index in [0.717, 1.165) is 25.7 Å². The van der Waals surface area contributed by atoms with Gasteiger partial charge in [0.15, 0.2) is 0 Å². The fourth-order valence-electron chi connectivity index (χ4n) is 7.18. The second-order valence-corrected chi connectivity index (χ2v) is 9.45. The first-order valence-corrected chi connectivity index (χ1v) is 9.69. The Labute approximate surface area is 153 Å². The molecule has 4 fully saturated rings. The summed E-state index contributed by atoms with van der Waals surface area (Å²) < 4.78 is 42.0. The van der Waals surface area contributed by atoms with Crippen molar-refractivity contribution in [3.05, 3.63) is 0 Å². The van der Waals surface area contributed by atoms with E-state index in [4.69, 9.17) is 6.85 Å². The molecule has 4 aliphatic rings. The third kappa shape index (κ3) is 2.07. The fraction of sp³-hybridized carbons (Fsp3) is 1.00. The maximum atomic E-state index is 11.3. The van der Waals surface area contributed by atoms with Gasteiger partial charge in [0, 0.05) is 10.9 Å². The zero-order valence-corrected chi connectivity index (χ0v) is 15.2. The van der Waals surface area contributed by atoms with Crippen molar-refractivity contribution in [3.8, 4) is 0 Å². The summed E-state index contributed by atoms with van der Waals surface area (Å²) in [5.74, 6) is -0.0145. The maximum Gasteiger partial charge on any atom is 0.0958 e. The molecule has 4 rings (SSSR count). The number of aliphatic hydroxyl groups excluding tert-OH is 1. The molecule has 0 aliphatic heterocycles. The highest BCUT2D eigenvalue weighted by atomic mass is 16.3. The van der Waals surface area contributed by atoms with Crippen LogP contribution in [0.2, 0.25) is 0 Å². The van der Waals surface area contributed by atoms with Crippen LogP contribution < -0.4 is 0 Å². The lowest BCUT2D eigenvalue weighted by molar-refractivity contribution is -0.186. The molecule has 4 aliphatic carbocycles. The molecule has 3 heteroatoms. The molecular formula is C21H36O3. The van der Waals surface area contributed by atoms with E-state index in [1.807, 2.05) is 6.92 Å². The monoisotopic (exact) mass is 341 g/mol. The predicted molar refractivity (Wildman–Crippen MR) is 94.4 cm³/mol. The number of fused-ring (bicyclic) bond motifs is 5. The Balaban J connectivity index is 1.73. The standard InChI is InChI=1S/C21H36O3/c1-13(22)21(24)11-8-18-16-5-4-14-12-15(23)6-9-19(14,2)17(16)7-10-20(18,21)3/h13-18,22-24H,4-12H2,1-3H3/t13-,14+,15+,16+,17-,18-,19-,20-,21-/m0/s1/i6D2,12D2,15D. The topological polar surface area (TPSA) is 60.7 Å². The van der Waals surface area contributed by atoms with Crippen LogP contribution in [0.5, 0.6) is 0 Å². The Bertz CT molecular complexity index is 698. The van der Waals surface area contributed by atoms with Gasteiger partial charge in [-0.2, -0.15) is 0 Å². The summed E-state index contributed by atoms with van der Waals surface area (Å²) in [6.45, 7) is 5.72. The molecule has 24 heavy (non-hydrogen) atoms. The second kappa shape index (κ2) is 5.44. The molecule has 0 radical (unpaired) electrons. The molecule has 0 amide bonds. The molecule has 0 bridgehead atoms. The molecule has 0 aromatic rings. The van der Waals surface area contributed by atoms with E-state index in [9.17, 15) is 15.3 Å². The van der Waals surface area contributed by atoms with Crippen LogP contribution in [0, 0.1) is 34.5 Å². The number of hydrogen-bond acceptors (Lipinski definition) is 3. The van der Waals surface area contributed by atoms with E-state index >= 15 is 0 Å². The molecule has 0 saturated heterocycles. The summed E-state index contributed by atoms with van der Waals surface area (Å²) in [6.07, 6.45) is -4.12. The molecule has 3 nitrogen and oxygen atoms in total. The highest BCUT2D eigenvalue weighted by Crippen LogP contribution is 2.68. The molecule has 0 heterocycles. The van der Waals surface area contributed by atoms with Gasteiger partial charge in [-0.25, -0.2) is 0 Å². The van der Waals surface area contributed by atoms with Crippen molar-refractivity contribution in [2.75, 3.05) is 0 Å². The van der Waals surface area contributed by atoms with Gasteiger partial charge in [-0.3, -0.25) is 0 Å². The molecule has 0 spiro atoms. The minimum absolute atomic E-state index is 0.0184. The van der Waals surface area contributed by atoms with Gasteiger partial charge in [-0.15, -0.1) is 0 Å². The van der Waals surface area contributed by atoms with Gasteiger partial charge in [0.05, 0.1) is 19.2 Å². The van der Waals surface area contributed by atoms with E-state index in [0.29, 0.717) is 12.8 Å². The van der Waals surface area contributed by atoms with Crippen LogP contribution in [0.4, 0.5) is 0 Å². The first-order valence-electron chi connectivity index (χ1n) is 12.2. The average molecular weight is 342 g/mol. The number of hydrogen-bond donors (Lipinski definition) is 3. The molecule has 0 aromatic heterocycles. The van der Waals surface area contributed by atoms with Gasteiger partial charge in [-0.05, 0) is 93.7 Å². The first kappa shape index (κ1) is 12.3. The number of rotatable bonds is 1.